The fraction of sp³-hybridized carbons (Fsp3) is 0.211. The highest BCUT2D eigenvalue weighted by Gasteiger charge is 2.10. The summed E-state index contributed by atoms with van der Waals surface area (Å²) in [5.41, 5.74) is 2.89. The van der Waals surface area contributed by atoms with E-state index < -0.39 is 0 Å². The molecule has 3 rings (SSSR count). The normalized spacial score (nSPS) is 10.4. The Labute approximate surface area is 166 Å². The third kappa shape index (κ3) is 5.45. The van der Waals surface area contributed by atoms with Gasteiger partial charge in [0.1, 0.15) is 5.75 Å². The van der Waals surface area contributed by atoms with Crippen LogP contribution < -0.4 is 15.4 Å². The smallest absolute Gasteiger partial charge is 0.234 e. The zero-order valence-corrected chi connectivity index (χ0v) is 16.7. The van der Waals surface area contributed by atoms with Crippen LogP contribution in [0, 0.1) is 0 Å². The third-order valence-electron chi connectivity index (χ3n) is 3.75. The van der Waals surface area contributed by atoms with Gasteiger partial charge in [-0.15, -0.1) is 10.2 Å². The second-order valence-electron chi connectivity index (χ2n) is 5.57. The Bertz CT molecular complexity index is 897. The molecule has 0 atom stereocenters. The number of ether oxygens (including phenoxy) is 1. The predicted molar refractivity (Wildman–Crippen MR) is 111 cm³/mol. The Morgan fingerprint density at radius 1 is 1.15 bits per heavy atom. The molecule has 0 saturated heterocycles. The van der Waals surface area contributed by atoms with Crippen LogP contribution in [-0.4, -0.2) is 29.0 Å². The molecule has 27 heavy (non-hydrogen) atoms. The molecule has 0 saturated carbocycles. The van der Waals surface area contributed by atoms with Crippen molar-refractivity contribution in [2.75, 3.05) is 23.5 Å². The first-order chi connectivity index (χ1) is 13.2. The molecular weight excluding hydrogens is 380 g/mol. The molecule has 1 amide bonds. The molecule has 3 aromatic rings. The first kappa shape index (κ1) is 19.2. The van der Waals surface area contributed by atoms with Crippen LogP contribution in [0.3, 0.4) is 0 Å². The van der Waals surface area contributed by atoms with Crippen molar-refractivity contribution in [1.29, 1.82) is 0 Å². The van der Waals surface area contributed by atoms with Crippen molar-refractivity contribution in [3.8, 4) is 5.75 Å². The number of amides is 1. The topological polar surface area (TPSA) is 76.1 Å². The highest BCUT2D eigenvalue weighted by molar-refractivity contribution is 8.01. The van der Waals surface area contributed by atoms with E-state index in [-0.39, 0.29) is 11.7 Å². The number of thioether (sulfide) groups is 1. The molecule has 0 bridgehead atoms. The minimum absolute atomic E-state index is 0.0548. The maximum Gasteiger partial charge on any atom is 0.234 e. The zero-order valence-electron chi connectivity index (χ0n) is 15.1. The van der Waals surface area contributed by atoms with Crippen LogP contribution in [0.4, 0.5) is 16.5 Å². The van der Waals surface area contributed by atoms with Crippen LogP contribution >= 0.6 is 23.1 Å². The lowest BCUT2D eigenvalue weighted by molar-refractivity contribution is -0.113. The molecule has 2 N–H and O–H groups in total. The minimum atomic E-state index is -0.0548. The Morgan fingerprint density at radius 2 is 1.93 bits per heavy atom. The monoisotopic (exact) mass is 400 g/mol. The molecule has 0 unspecified atom stereocenters. The zero-order chi connectivity index (χ0) is 19.1. The number of para-hydroxylation sites is 1. The maximum absolute atomic E-state index is 12.2. The lowest BCUT2D eigenvalue weighted by atomic mass is 10.1. The van der Waals surface area contributed by atoms with E-state index in [0.29, 0.717) is 5.13 Å². The molecule has 2 aromatic carbocycles. The van der Waals surface area contributed by atoms with Crippen molar-refractivity contribution < 1.29 is 9.53 Å². The number of nitrogens with one attached hydrogen (secondary N) is 2. The van der Waals surface area contributed by atoms with Crippen molar-refractivity contribution in [3.63, 3.8) is 0 Å². The standard InChI is InChI=1S/C19H20N4O2S2/c1-3-13-6-4-5-7-16(13)21-17(24)12-26-19-23-22-18(27-19)20-14-8-10-15(25-2)11-9-14/h4-11H,3,12H2,1-2H3,(H,20,22)(H,21,24). The van der Waals surface area contributed by atoms with Crippen molar-refractivity contribution in [2.24, 2.45) is 0 Å². The van der Waals surface area contributed by atoms with Crippen LogP contribution in [0.25, 0.3) is 0 Å². The van der Waals surface area contributed by atoms with Gasteiger partial charge in [-0.2, -0.15) is 0 Å². The number of aromatic nitrogens is 2. The summed E-state index contributed by atoms with van der Waals surface area (Å²) in [5, 5.41) is 15.1. The van der Waals surface area contributed by atoms with Gasteiger partial charge in [0.25, 0.3) is 0 Å². The lowest BCUT2D eigenvalue weighted by Gasteiger charge is -2.08. The molecule has 1 aromatic heterocycles. The highest BCUT2D eigenvalue weighted by Crippen LogP contribution is 2.28. The Hall–Kier alpha value is -2.58. The molecular formula is C19H20N4O2S2. The van der Waals surface area contributed by atoms with Crippen molar-refractivity contribution in [1.82, 2.24) is 10.2 Å². The minimum Gasteiger partial charge on any atom is -0.497 e. The van der Waals surface area contributed by atoms with Crippen molar-refractivity contribution in [2.45, 2.75) is 17.7 Å². The van der Waals surface area contributed by atoms with Gasteiger partial charge in [0.2, 0.25) is 11.0 Å². The lowest BCUT2D eigenvalue weighted by Crippen LogP contribution is -2.15. The SMILES string of the molecule is CCc1ccccc1NC(=O)CSc1nnc(Nc2ccc(OC)cc2)s1. The van der Waals surface area contributed by atoms with E-state index in [9.17, 15) is 4.79 Å². The molecule has 0 aliphatic rings. The van der Waals surface area contributed by atoms with Crippen molar-refractivity contribution >= 4 is 45.5 Å². The molecule has 0 aliphatic heterocycles. The van der Waals surface area contributed by atoms with Crippen molar-refractivity contribution in [3.05, 3.63) is 54.1 Å². The number of hydrogen-bond donors (Lipinski definition) is 2. The number of benzene rings is 2. The van der Waals surface area contributed by atoms with Gasteiger partial charge in [-0.05, 0) is 42.3 Å². The number of aryl methyl sites for hydroxylation is 1. The number of nitrogens with zero attached hydrogens (tertiary/aromatic N) is 2. The summed E-state index contributed by atoms with van der Waals surface area (Å²) in [6.45, 7) is 2.07. The summed E-state index contributed by atoms with van der Waals surface area (Å²) < 4.78 is 5.88. The average Bonchev–Trinajstić information content (AvgIpc) is 3.15. The molecule has 1 heterocycles. The summed E-state index contributed by atoms with van der Waals surface area (Å²) >= 11 is 2.78. The quantitative estimate of drug-likeness (QED) is 0.539. The van der Waals surface area contributed by atoms with Gasteiger partial charge >= 0.3 is 0 Å². The first-order valence-corrected chi connectivity index (χ1v) is 10.2. The summed E-state index contributed by atoms with van der Waals surface area (Å²) in [6, 6.07) is 15.4. The van der Waals surface area contributed by atoms with Gasteiger partial charge in [0.15, 0.2) is 4.34 Å². The number of carbonyl (C=O) groups excluding carboxylic acids is 1. The summed E-state index contributed by atoms with van der Waals surface area (Å²) in [5.74, 6) is 1.03. The fourth-order valence-electron chi connectivity index (χ4n) is 2.38. The average molecular weight is 401 g/mol. The van der Waals surface area contributed by atoms with E-state index >= 15 is 0 Å². The van der Waals surface area contributed by atoms with E-state index in [0.717, 1.165) is 33.4 Å². The number of carbonyl (C=O) groups is 1. The summed E-state index contributed by atoms with van der Waals surface area (Å²) in [4.78, 5) is 12.2. The number of rotatable bonds is 8. The van der Waals surface area contributed by atoms with E-state index in [4.69, 9.17) is 4.74 Å². The highest BCUT2D eigenvalue weighted by atomic mass is 32.2. The molecule has 8 heteroatoms. The van der Waals surface area contributed by atoms with Crippen LogP contribution in [-0.2, 0) is 11.2 Å². The summed E-state index contributed by atoms with van der Waals surface area (Å²) in [7, 11) is 1.63. The van der Waals surface area contributed by atoms with Gasteiger partial charge in [-0.1, -0.05) is 48.2 Å². The number of methoxy groups -OCH3 is 1. The number of anilines is 3. The molecule has 140 valence electrons. The third-order valence-corrected chi connectivity index (χ3v) is 5.72. The summed E-state index contributed by atoms with van der Waals surface area (Å²) in [6.07, 6.45) is 0.875. The largest absolute Gasteiger partial charge is 0.497 e. The van der Waals surface area contributed by atoms with E-state index in [2.05, 4.69) is 27.8 Å². The van der Waals surface area contributed by atoms with Gasteiger partial charge in [0.05, 0.1) is 12.9 Å². The second kappa shape index (κ2) is 9.38. The maximum atomic E-state index is 12.2. The number of hydrogen-bond acceptors (Lipinski definition) is 7. The molecule has 0 aliphatic carbocycles. The molecule has 0 radical (unpaired) electrons. The van der Waals surface area contributed by atoms with E-state index in [1.54, 1.807) is 7.11 Å². The molecule has 0 fully saturated rings. The fourth-order valence-corrected chi connectivity index (χ4v) is 3.95. The van der Waals surface area contributed by atoms with Gasteiger partial charge in [-0.3, -0.25) is 4.79 Å². The van der Waals surface area contributed by atoms with E-state index in [1.807, 2.05) is 48.5 Å². The predicted octanol–water partition coefficient (Wildman–Crippen LogP) is 4.58. The van der Waals surface area contributed by atoms with Crippen LogP contribution in [0.15, 0.2) is 52.9 Å². The Kier molecular flexibility index (Phi) is 6.67. The van der Waals surface area contributed by atoms with Gasteiger partial charge in [-0.25, -0.2) is 0 Å². The first-order valence-electron chi connectivity index (χ1n) is 8.43. The Morgan fingerprint density at radius 3 is 2.67 bits per heavy atom. The van der Waals surface area contributed by atoms with Crippen LogP contribution in [0.2, 0.25) is 0 Å². The van der Waals surface area contributed by atoms with E-state index in [1.165, 1.54) is 23.1 Å². The van der Waals surface area contributed by atoms with Crippen LogP contribution in [0.1, 0.15) is 12.5 Å². The molecule has 6 nitrogen and oxygen atoms in total. The Balaban J connectivity index is 1.52. The van der Waals surface area contributed by atoms with Crippen LogP contribution in [0.5, 0.6) is 5.75 Å². The molecule has 0 spiro atoms. The second-order valence-corrected chi connectivity index (χ2v) is 7.77. The van der Waals surface area contributed by atoms with Gasteiger partial charge < -0.3 is 15.4 Å². The van der Waals surface area contributed by atoms with Gasteiger partial charge in [0, 0.05) is 11.4 Å².